The molecule has 1 aliphatic heterocycles. The molecule has 0 spiro atoms. The number of carbonyl (C=O) groups excluding carboxylic acids is 1. The summed E-state index contributed by atoms with van der Waals surface area (Å²) in [6, 6.07) is 0. The molecule has 94 valence electrons. The molecule has 1 amide bonds. The van der Waals surface area contributed by atoms with Gasteiger partial charge in [-0.25, -0.2) is 4.98 Å². The molecule has 0 aliphatic carbocycles. The maximum absolute atomic E-state index is 12.4. The number of piperidine rings is 1. The van der Waals surface area contributed by atoms with Gasteiger partial charge in [-0.2, -0.15) is 0 Å². The van der Waals surface area contributed by atoms with E-state index in [0.717, 1.165) is 41.5 Å². The second kappa shape index (κ2) is 5.14. The SMILES string of the molecule is Cc1nc(C)c(C(=O)N2CCCC(CN)C2)s1. The van der Waals surface area contributed by atoms with Crippen molar-refractivity contribution < 1.29 is 4.79 Å². The fourth-order valence-electron chi connectivity index (χ4n) is 2.32. The van der Waals surface area contributed by atoms with Crippen LogP contribution in [0.4, 0.5) is 0 Å². The summed E-state index contributed by atoms with van der Waals surface area (Å²) in [6.45, 7) is 6.16. The summed E-state index contributed by atoms with van der Waals surface area (Å²) < 4.78 is 0. The van der Waals surface area contributed by atoms with Gasteiger partial charge in [0.25, 0.3) is 5.91 Å². The molecule has 1 aromatic rings. The second-order valence-electron chi connectivity index (χ2n) is 4.64. The lowest BCUT2D eigenvalue weighted by Crippen LogP contribution is -2.42. The van der Waals surface area contributed by atoms with Crippen LogP contribution in [0.2, 0.25) is 0 Å². The lowest BCUT2D eigenvalue weighted by atomic mass is 9.98. The van der Waals surface area contributed by atoms with Crippen molar-refractivity contribution in [3.8, 4) is 0 Å². The van der Waals surface area contributed by atoms with E-state index in [9.17, 15) is 4.79 Å². The Labute approximate surface area is 106 Å². The number of aromatic nitrogens is 1. The maximum Gasteiger partial charge on any atom is 0.265 e. The van der Waals surface area contributed by atoms with Gasteiger partial charge in [0, 0.05) is 13.1 Å². The van der Waals surface area contributed by atoms with Crippen molar-refractivity contribution in [2.45, 2.75) is 26.7 Å². The number of nitrogens with zero attached hydrogens (tertiary/aromatic N) is 2. The van der Waals surface area contributed by atoms with Crippen LogP contribution in [0, 0.1) is 19.8 Å². The van der Waals surface area contributed by atoms with Gasteiger partial charge in [-0.3, -0.25) is 4.79 Å². The zero-order valence-electron chi connectivity index (χ0n) is 10.4. The highest BCUT2D eigenvalue weighted by atomic mass is 32.1. The minimum Gasteiger partial charge on any atom is -0.338 e. The largest absolute Gasteiger partial charge is 0.338 e. The molecule has 0 aromatic carbocycles. The number of aryl methyl sites for hydroxylation is 2. The van der Waals surface area contributed by atoms with Crippen LogP contribution in [-0.2, 0) is 0 Å². The van der Waals surface area contributed by atoms with Gasteiger partial charge < -0.3 is 10.6 Å². The number of hydrogen-bond donors (Lipinski definition) is 1. The van der Waals surface area contributed by atoms with E-state index in [1.54, 1.807) is 0 Å². The summed E-state index contributed by atoms with van der Waals surface area (Å²) >= 11 is 1.49. The van der Waals surface area contributed by atoms with Gasteiger partial charge in [-0.05, 0) is 39.2 Å². The predicted octanol–water partition coefficient (Wildman–Crippen LogP) is 1.57. The molecule has 0 bridgehead atoms. The molecule has 1 unspecified atom stereocenters. The Bertz CT molecular complexity index is 416. The molecule has 0 saturated carbocycles. The molecule has 5 heteroatoms. The quantitative estimate of drug-likeness (QED) is 0.870. The Hall–Kier alpha value is -0.940. The van der Waals surface area contributed by atoms with Crippen molar-refractivity contribution in [3.05, 3.63) is 15.6 Å². The van der Waals surface area contributed by atoms with Gasteiger partial charge in [-0.15, -0.1) is 11.3 Å². The monoisotopic (exact) mass is 253 g/mol. The summed E-state index contributed by atoms with van der Waals surface area (Å²) in [5, 5.41) is 0.957. The zero-order chi connectivity index (χ0) is 12.4. The Morgan fingerprint density at radius 2 is 2.35 bits per heavy atom. The van der Waals surface area contributed by atoms with Crippen molar-refractivity contribution in [2.24, 2.45) is 11.7 Å². The number of nitrogens with two attached hydrogens (primary N) is 1. The highest BCUT2D eigenvalue weighted by Gasteiger charge is 2.26. The molecule has 2 heterocycles. The number of thiazole rings is 1. The summed E-state index contributed by atoms with van der Waals surface area (Å²) in [6.07, 6.45) is 2.20. The van der Waals surface area contributed by atoms with Crippen LogP contribution < -0.4 is 5.73 Å². The first-order valence-electron chi connectivity index (χ1n) is 6.05. The normalized spacial score (nSPS) is 20.6. The molecule has 1 atom stereocenters. The standard InChI is InChI=1S/C12H19N3OS/c1-8-11(17-9(2)14-8)12(16)15-5-3-4-10(6-13)7-15/h10H,3-7,13H2,1-2H3. The summed E-state index contributed by atoms with van der Waals surface area (Å²) in [4.78, 5) is 19.4. The molecule has 17 heavy (non-hydrogen) atoms. The molecule has 4 nitrogen and oxygen atoms in total. The van der Waals surface area contributed by atoms with Crippen molar-refractivity contribution in [1.29, 1.82) is 0 Å². The average molecular weight is 253 g/mol. The van der Waals surface area contributed by atoms with Crippen LogP contribution in [0.3, 0.4) is 0 Å². The number of carbonyl (C=O) groups is 1. The van der Waals surface area contributed by atoms with Crippen LogP contribution >= 0.6 is 11.3 Å². The third kappa shape index (κ3) is 2.66. The van der Waals surface area contributed by atoms with E-state index in [1.807, 2.05) is 18.7 Å². The predicted molar refractivity (Wildman–Crippen MR) is 69.3 cm³/mol. The van der Waals surface area contributed by atoms with E-state index >= 15 is 0 Å². The van der Waals surface area contributed by atoms with Crippen molar-refractivity contribution in [1.82, 2.24) is 9.88 Å². The van der Waals surface area contributed by atoms with E-state index in [1.165, 1.54) is 11.3 Å². The van der Waals surface area contributed by atoms with Gasteiger partial charge >= 0.3 is 0 Å². The van der Waals surface area contributed by atoms with E-state index in [0.29, 0.717) is 12.5 Å². The molecule has 0 radical (unpaired) electrons. The third-order valence-electron chi connectivity index (χ3n) is 3.24. The molecule has 2 rings (SSSR count). The first kappa shape index (κ1) is 12.5. The highest BCUT2D eigenvalue weighted by Crippen LogP contribution is 2.22. The van der Waals surface area contributed by atoms with E-state index in [4.69, 9.17) is 5.73 Å². The Morgan fingerprint density at radius 3 is 2.94 bits per heavy atom. The molecule has 1 aliphatic rings. The summed E-state index contributed by atoms with van der Waals surface area (Å²) in [5.41, 5.74) is 6.54. The second-order valence-corrected chi connectivity index (χ2v) is 5.85. The van der Waals surface area contributed by atoms with Crippen LogP contribution in [-0.4, -0.2) is 35.4 Å². The van der Waals surface area contributed by atoms with E-state index in [-0.39, 0.29) is 5.91 Å². The molecule has 1 aromatic heterocycles. The Morgan fingerprint density at radius 1 is 1.59 bits per heavy atom. The minimum atomic E-state index is 0.131. The van der Waals surface area contributed by atoms with Crippen molar-refractivity contribution in [3.63, 3.8) is 0 Å². The van der Waals surface area contributed by atoms with Gasteiger partial charge in [-0.1, -0.05) is 0 Å². The molecule has 1 saturated heterocycles. The first-order valence-corrected chi connectivity index (χ1v) is 6.87. The van der Waals surface area contributed by atoms with Gasteiger partial charge in [0.15, 0.2) is 0 Å². The van der Waals surface area contributed by atoms with Crippen molar-refractivity contribution >= 4 is 17.2 Å². The fraction of sp³-hybridized carbons (Fsp3) is 0.667. The van der Waals surface area contributed by atoms with Crippen molar-refractivity contribution in [2.75, 3.05) is 19.6 Å². The van der Waals surface area contributed by atoms with Crippen LogP contribution in [0.5, 0.6) is 0 Å². The summed E-state index contributed by atoms with van der Waals surface area (Å²) in [7, 11) is 0. The average Bonchev–Trinajstić information content (AvgIpc) is 2.67. The number of likely N-dealkylation sites (tertiary alicyclic amines) is 1. The van der Waals surface area contributed by atoms with Gasteiger partial charge in [0.2, 0.25) is 0 Å². The Kier molecular flexibility index (Phi) is 3.79. The van der Waals surface area contributed by atoms with E-state index < -0.39 is 0 Å². The topological polar surface area (TPSA) is 59.2 Å². The maximum atomic E-state index is 12.4. The first-order chi connectivity index (χ1) is 8.11. The summed E-state index contributed by atoms with van der Waals surface area (Å²) in [5.74, 6) is 0.591. The zero-order valence-corrected chi connectivity index (χ0v) is 11.2. The third-order valence-corrected chi connectivity index (χ3v) is 4.30. The lowest BCUT2D eigenvalue weighted by molar-refractivity contribution is 0.0682. The smallest absolute Gasteiger partial charge is 0.265 e. The van der Waals surface area contributed by atoms with Crippen LogP contribution in [0.15, 0.2) is 0 Å². The molecular weight excluding hydrogens is 234 g/mol. The van der Waals surface area contributed by atoms with Gasteiger partial charge in [0.1, 0.15) is 4.88 Å². The lowest BCUT2D eigenvalue weighted by Gasteiger charge is -2.31. The van der Waals surface area contributed by atoms with Crippen LogP contribution in [0.25, 0.3) is 0 Å². The molecular formula is C12H19N3OS. The fourth-order valence-corrected chi connectivity index (χ4v) is 3.20. The number of rotatable bonds is 2. The molecule has 2 N–H and O–H groups in total. The minimum absolute atomic E-state index is 0.131. The molecule has 1 fully saturated rings. The number of amides is 1. The highest BCUT2D eigenvalue weighted by molar-refractivity contribution is 7.13. The van der Waals surface area contributed by atoms with E-state index in [2.05, 4.69) is 4.98 Å². The Balaban J connectivity index is 2.12. The van der Waals surface area contributed by atoms with Gasteiger partial charge in [0.05, 0.1) is 10.7 Å². The van der Waals surface area contributed by atoms with Crippen LogP contribution in [0.1, 0.15) is 33.2 Å². The number of hydrogen-bond acceptors (Lipinski definition) is 4.